The van der Waals surface area contributed by atoms with Gasteiger partial charge in [0.1, 0.15) is 6.10 Å². The van der Waals surface area contributed by atoms with Crippen molar-refractivity contribution < 1.29 is 14.3 Å². The summed E-state index contributed by atoms with van der Waals surface area (Å²) < 4.78 is 5.20. The molecule has 3 heteroatoms. The highest BCUT2D eigenvalue weighted by Crippen LogP contribution is 2.09. The summed E-state index contributed by atoms with van der Waals surface area (Å²) in [6.45, 7) is 5.66. The molecule has 0 amide bonds. The zero-order valence-electron chi connectivity index (χ0n) is 12.6. The van der Waals surface area contributed by atoms with Gasteiger partial charge in [0, 0.05) is 13.3 Å². The first-order valence-electron chi connectivity index (χ1n) is 7.48. The molecule has 3 nitrogen and oxygen atoms in total. The number of unbranched alkanes of at least 4 members (excludes halogenated alkanes) is 4. The van der Waals surface area contributed by atoms with Crippen LogP contribution < -0.4 is 0 Å². The summed E-state index contributed by atoms with van der Waals surface area (Å²) in [5.41, 5.74) is 0. The average molecular weight is 268 g/mol. The van der Waals surface area contributed by atoms with Crippen molar-refractivity contribution in [1.29, 1.82) is 0 Å². The van der Waals surface area contributed by atoms with E-state index in [1.54, 1.807) is 12.2 Å². The van der Waals surface area contributed by atoms with E-state index in [-0.39, 0.29) is 17.9 Å². The van der Waals surface area contributed by atoms with Gasteiger partial charge in [0.15, 0.2) is 5.78 Å². The fourth-order valence-corrected chi connectivity index (χ4v) is 1.85. The lowest BCUT2D eigenvalue weighted by Crippen LogP contribution is -2.14. The van der Waals surface area contributed by atoms with Crippen LogP contribution in [0.3, 0.4) is 0 Å². The fraction of sp³-hybridized carbons (Fsp3) is 0.750. The number of carbonyl (C=O) groups is 2. The van der Waals surface area contributed by atoms with Crippen molar-refractivity contribution in [3.8, 4) is 0 Å². The SMILES string of the molecule is CCCCCC(=O)/C=C/C(CCCCC)OC(C)=O. The third-order valence-electron chi connectivity index (χ3n) is 2.93. The van der Waals surface area contributed by atoms with Gasteiger partial charge in [0.2, 0.25) is 0 Å². The Morgan fingerprint density at radius 2 is 1.68 bits per heavy atom. The van der Waals surface area contributed by atoms with Crippen LogP contribution in [0.5, 0.6) is 0 Å². The van der Waals surface area contributed by atoms with E-state index in [0.29, 0.717) is 6.42 Å². The third-order valence-corrected chi connectivity index (χ3v) is 2.93. The molecule has 0 heterocycles. The molecule has 0 rings (SSSR count). The van der Waals surface area contributed by atoms with Gasteiger partial charge >= 0.3 is 5.97 Å². The lowest BCUT2D eigenvalue weighted by atomic mass is 10.1. The molecule has 19 heavy (non-hydrogen) atoms. The number of allylic oxidation sites excluding steroid dienone is 1. The van der Waals surface area contributed by atoms with Crippen LogP contribution in [0.1, 0.15) is 72.1 Å². The predicted molar refractivity (Wildman–Crippen MR) is 78.0 cm³/mol. The number of esters is 1. The fourth-order valence-electron chi connectivity index (χ4n) is 1.85. The summed E-state index contributed by atoms with van der Waals surface area (Å²) in [7, 11) is 0. The van der Waals surface area contributed by atoms with Crippen molar-refractivity contribution >= 4 is 11.8 Å². The Bertz CT molecular complexity index is 282. The predicted octanol–water partition coefficient (Wildman–Crippen LogP) is 4.20. The first-order chi connectivity index (χ1) is 9.10. The topological polar surface area (TPSA) is 43.4 Å². The molecule has 1 atom stereocenters. The standard InChI is InChI=1S/C16H28O3/c1-4-6-8-10-15(18)12-13-16(19-14(3)17)11-9-7-5-2/h12-13,16H,4-11H2,1-3H3/b13-12+. The summed E-state index contributed by atoms with van der Waals surface area (Å²) in [5.74, 6) is -0.161. The Balaban J connectivity index is 4.12. The zero-order valence-corrected chi connectivity index (χ0v) is 12.6. The van der Waals surface area contributed by atoms with Crippen LogP contribution >= 0.6 is 0 Å². The Labute approximate surface area is 117 Å². The van der Waals surface area contributed by atoms with Gasteiger partial charge < -0.3 is 4.74 Å². The van der Waals surface area contributed by atoms with Gasteiger partial charge in [-0.1, -0.05) is 39.5 Å². The van der Waals surface area contributed by atoms with Crippen molar-refractivity contribution in [3.63, 3.8) is 0 Å². The van der Waals surface area contributed by atoms with Crippen molar-refractivity contribution in [2.75, 3.05) is 0 Å². The van der Waals surface area contributed by atoms with Crippen LogP contribution in [0.25, 0.3) is 0 Å². The minimum absolute atomic E-state index is 0.126. The van der Waals surface area contributed by atoms with Crippen molar-refractivity contribution in [1.82, 2.24) is 0 Å². The molecule has 0 bridgehead atoms. The number of ether oxygens (including phenoxy) is 1. The molecule has 1 unspecified atom stereocenters. The molecule has 0 saturated carbocycles. The zero-order chi connectivity index (χ0) is 14.5. The summed E-state index contributed by atoms with van der Waals surface area (Å²) in [6, 6.07) is 0. The highest BCUT2D eigenvalue weighted by Gasteiger charge is 2.08. The second-order valence-corrected chi connectivity index (χ2v) is 4.93. The second-order valence-electron chi connectivity index (χ2n) is 4.93. The summed E-state index contributed by atoms with van der Waals surface area (Å²) >= 11 is 0. The highest BCUT2D eigenvalue weighted by molar-refractivity contribution is 5.89. The maximum Gasteiger partial charge on any atom is 0.303 e. The van der Waals surface area contributed by atoms with E-state index in [4.69, 9.17) is 4.74 Å². The highest BCUT2D eigenvalue weighted by atomic mass is 16.5. The molecular formula is C16H28O3. The van der Waals surface area contributed by atoms with E-state index >= 15 is 0 Å². The summed E-state index contributed by atoms with van der Waals surface area (Å²) in [6.07, 6.45) is 10.9. The minimum Gasteiger partial charge on any atom is -0.458 e. The van der Waals surface area contributed by atoms with Crippen LogP contribution in [0.2, 0.25) is 0 Å². The Morgan fingerprint density at radius 3 is 2.26 bits per heavy atom. The first-order valence-corrected chi connectivity index (χ1v) is 7.48. The smallest absolute Gasteiger partial charge is 0.303 e. The van der Waals surface area contributed by atoms with Crippen LogP contribution in [0, 0.1) is 0 Å². The van der Waals surface area contributed by atoms with Crippen LogP contribution in [0.15, 0.2) is 12.2 Å². The van der Waals surface area contributed by atoms with Crippen LogP contribution in [0.4, 0.5) is 0 Å². The van der Waals surface area contributed by atoms with Gasteiger partial charge in [-0.25, -0.2) is 0 Å². The second kappa shape index (κ2) is 11.9. The van der Waals surface area contributed by atoms with Crippen molar-refractivity contribution in [2.45, 2.75) is 78.2 Å². The van der Waals surface area contributed by atoms with E-state index in [1.165, 1.54) is 6.92 Å². The third kappa shape index (κ3) is 11.7. The number of ketones is 1. The van der Waals surface area contributed by atoms with Gasteiger partial charge in [-0.05, 0) is 31.4 Å². The van der Waals surface area contributed by atoms with E-state index in [2.05, 4.69) is 13.8 Å². The monoisotopic (exact) mass is 268 g/mol. The van der Waals surface area contributed by atoms with Gasteiger partial charge in [0.25, 0.3) is 0 Å². The summed E-state index contributed by atoms with van der Waals surface area (Å²) in [5, 5.41) is 0. The van der Waals surface area contributed by atoms with Gasteiger partial charge in [-0.3, -0.25) is 9.59 Å². The quantitative estimate of drug-likeness (QED) is 0.320. The number of hydrogen-bond acceptors (Lipinski definition) is 3. The lowest BCUT2D eigenvalue weighted by molar-refractivity contribution is -0.144. The molecule has 0 aliphatic rings. The largest absolute Gasteiger partial charge is 0.458 e. The van der Waals surface area contributed by atoms with E-state index in [0.717, 1.165) is 44.9 Å². The first kappa shape index (κ1) is 17.9. The van der Waals surface area contributed by atoms with Crippen LogP contribution in [-0.2, 0) is 14.3 Å². The molecule has 0 aliphatic carbocycles. The van der Waals surface area contributed by atoms with Gasteiger partial charge in [-0.2, -0.15) is 0 Å². The molecule has 0 aromatic heterocycles. The molecule has 0 radical (unpaired) electrons. The minimum atomic E-state index is -0.287. The number of hydrogen-bond donors (Lipinski definition) is 0. The van der Waals surface area contributed by atoms with E-state index in [9.17, 15) is 9.59 Å². The molecule has 0 aromatic rings. The Morgan fingerprint density at radius 1 is 1.05 bits per heavy atom. The molecule has 0 saturated heterocycles. The Hall–Kier alpha value is -1.12. The molecule has 0 spiro atoms. The molecule has 0 aliphatic heterocycles. The van der Waals surface area contributed by atoms with Gasteiger partial charge in [-0.15, -0.1) is 0 Å². The van der Waals surface area contributed by atoms with Crippen molar-refractivity contribution in [3.05, 3.63) is 12.2 Å². The lowest BCUT2D eigenvalue weighted by Gasteiger charge is -2.12. The Kier molecular flexibility index (Phi) is 11.2. The maximum absolute atomic E-state index is 11.6. The molecule has 0 aromatic carbocycles. The van der Waals surface area contributed by atoms with E-state index < -0.39 is 0 Å². The van der Waals surface area contributed by atoms with Gasteiger partial charge in [0.05, 0.1) is 0 Å². The summed E-state index contributed by atoms with van der Waals surface area (Å²) in [4.78, 5) is 22.6. The molecule has 0 N–H and O–H groups in total. The van der Waals surface area contributed by atoms with Crippen molar-refractivity contribution in [2.24, 2.45) is 0 Å². The van der Waals surface area contributed by atoms with E-state index in [1.807, 2.05) is 0 Å². The number of rotatable bonds is 11. The molecule has 110 valence electrons. The molecule has 0 fully saturated rings. The molecular weight excluding hydrogens is 240 g/mol. The van der Waals surface area contributed by atoms with Crippen LogP contribution in [-0.4, -0.2) is 17.9 Å². The number of carbonyl (C=O) groups excluding carboxylic acids is 2. The average Bonchev–Trinajstić information content (AvgIpc) is 2.36. The normalized spacial score (nSPS) is 12.6. The maximum atomic E-state index is 11.6.